The number of hydrogen-bond acceptors (Lipinski definition) is 4. The largest absolute Gasteiger partial charge is 0.490 e. The van der Waals surface area contributed by atoms with E-state index in [1.807, 2.05) is 41.5 Å². The molecule has 2 aromatic heterocycles. The summed E-state index contributed by atoms with van der Waals surface area (Å²) in [6.07, 6.45) is 6.40. The second kappa shape index (κ2) is 8.55. The highest BCUT2D eigenvalue weighted by Crippen LogP contribution is 2.25. The molecule has 3 rings (SSSR count). The van der Waals surface area contributed by atoms with Gasteiger partial charge in [0, 0.05) is 32.6 Å². The monoisotopic (exact) mass is 371 g/mol. The van der Waals surface area contributed by atoms with E-state index in [0.717, 1.165) is 44.5 Å². The SMILES string of the molecule is CCOc1cccn2c(C(=O)CCCC3CCN(C(C)=O)CC3)c(C)nc12. The zero-order valence-electron chi connectivity index (χ0n) is 16.5. The maximum atomic E-state index is 12.8. The zero-order chi connectivity index (χ0) is 19.4. The van der Waals surface area contributed by atoms with E-state index < -0.39 is 0 Å². The summed E-state index contributed by atoms with van der Waals surface area (Å²) >= 11 is 0. The number of rotatable bonds is 7. The molecule has 0 N–H and O–H groups in total. The van der Waals surface area contributed by atoms with Gasteiger partial charge in [-0.1, -0.05) is 0 Å². The molecule has 0 saturated carbocycles. The number of Topliss-reactive ketones (excluding diaryl/α,β-unsaturated/α-hetero) is 1. The van der Waals surface area contributed by atoms with Gasteiger partial charge in [-0.05, 0) is 57.6 Å². The molecule has 1 saturated heterocycles. The molecule has 3 heterocycles. The standard InChI is InChI=1S/C21H29N3O3/c1-4-27-19-9-6-12-24-20(15(2)22-21(19)24)18(26)8-5-7-17-10-13-23(14-11-17)16(3)25/h6,9,12,17H,4-5,7-8,10-11,13-14H2,1-3H3. The van der Waals surface area contributed by atoms with E-state index in [4.69, 9.17) is 4.74 Å². The average Bonchev–Trinajstić information content (AvgIpc) is 2.99. The van der Waals surface area contributed by atoms with Gasteiger partial charge in [0.05, 0.1) is 12.3 Å². The van der Waals surface area contributed by atoms with Gasteiger partial charge in [0.1, 0.15) is 5.69 Å². The number of ketones is 1. The minimum absolute atomic E-state index is 0.134. The zero-order valence-corrected chi connectivity index (χ0v) is 16.5. The second-order valence-corrected chi connectivity index (χ2v) is 7.31. The lowest BCUT2D eigenvalue weighted by Gasteiger charge is -2.31. The molecule has 1 aliphatic heterocycles. The van der Waals surface area contributed by atoms with Crippen molar-refractivity contribution < 1.29 is 14.3 Å². The fraction of sp³-hybridized carbons (Fsp3) is 0.571. The number of imidazole rings is 1. The van der Waals surface area contributed by atoms with Crippen LogP contribution in [-0.2, 0) is 4.79 Å². The van der Waals surface area contributed by atoms with Gasteiger partial charge in [-0.2, -0.15) is 0 Å². The van der Waals surface area contributed by atoms with Crippen LogP contribution in [0.1, 0.15) is 62.1 Å². The molecule has 0 radical (unpaired) electrons. The van der Waals surface area contributed by atoms with E-state index in [-0.39, 0.29) is 11.7 Å². The number of hydrogen-bond donors (Lipinski definition) is 0. The van der Waals surface area contributed by atoms with Crippen LogP contribution in [0.15, 0.2) is 18.3 Å². The Bertz CT molecular complexity index is 819. The van der Waals surface area contributed by atoms with Crippen molar-refractivity contribution in [3.05, 3.63) is 29.7 Å². The number of amides is 1. The smallest absolute Gasteiger partial charge is 0.219 e. The third kappa shape index (κ3) is 4.31. The minimum atomic E-state index is 0.134. The minimum Gasteiger partial charge on any atom is -0.490 e. The summed E-state index contributed by atoms with van der Waals surface area (Å²) in [5.41, 5.74) is 2.12. The summed E-state index contributed by atoms with van der Waals surface area (Å²) in [5.74, 6) is 1.62. The van der Waals surface area contributed by atoms with Crippen molar-refractivity contribution in [2.45, 2.75) is 52.9 Å². The molecule has 1 amide bonds. The number of ether oxygens (including phenoxy) is 1. The van der Waals surface area contributed by atoms with Crippen molar-refractivity contribution in [2.24, 2.45) is 5.92 Å². The third-order valence-corrected chi connectivity index (χ3v) is 5.43. The molecular weight excluding hydrogens is 342 g/mol. The van der Waals surface area contributed by atoms with Gasteiger partial charge >= 0.3 is 0 Å². The number of likely N-dealkylation sites (tertiary alicyclic amines) is 1. The summed E-state index contributed by atoms with van der Waals surface area (Å²) < 4.78 is 7.49. The number of aromatic nitrogens is 2. The van der Waals surface area contributed by atoms with Crippen molar-refractivity contribution in [1.29, 1.82) is 0 Å². The normalized spacial score (nSPS) is 15.3. The van der Waals surface area contributed by atoms with Gasteiger partial charge in [0.25, 0.3) is 0 Å². The van der Waals surface area contributed by atoms with Crippen LogP contribution in [0.5, 0.6) is 5.75 Å². The highest BCUT2D eigenvalue weighted by molar-refractivity contribution is 5.96. The van der Waals surface area contributed by atoms with Crippen LogP contribution in [0.4, 0.5) is 0 Å². The molecule has 6 nitrogen and oxygen atoms in total. The maximum Gasteiger partial charge on any atom is 0.219 e. The Morgan fingerprint density at radius 3 is 2.70 bits per heavy atom. The van der Waals surface area contributed by atoms with Crippen LogP contribution in [0.25, 0.3) is 5.65 Å². The van der Waals surface area contributed by atoms with Crippen molar-refractivity contribution in [3.63, 3.8) is 0 Å². The summed E-state index contributed by atoms with van der Waals surface area (Å²) in [6.45, 7) is 7.71. The van der Waals surface area contributed by atoms with Gasteiger partial charge in [0.15, 0.2) is 17.2 Å². The molecule has 0 bridgehead atoms. The van der Waals surface area contributed by atoms with E-state index in [1.165, 1.54) is 0 Å². The lowest BCUT2D eigenvalue weighted by atomic mass is 9.91. The van der Waals surface area contributed by atoms with Crippen molar-refractivity contribution in [3.8, 4) is 5.75 Å². The highest BCUT2D eigenvalue weighted by atomic mass is 16.5. The van der Waals surface area contributed by atoms with Crippen LogP contribution in [0.2, 0.25) is 0 Å². The molecule has 27 heavy (non-hydrogen) atoms. The molecule has 0 aliphatic carbocycles. The summed E-state index contributed by atoms with van der Waals surface area (Å²) in [5, 5.41) is 0. The first kappa shape index (κ1) is 19.4. The summed E-state index contributed by atoms with van der Waals surface area (Å²) in [4.78, 5) is 30.7. The van der Waals surface area contributed by atoms with Crippen LogP contribution in [-0.4, -0.2) is 45.7 Å². The number of fused-ring (bicyclic) bond motifs is 1. The Morgan fingerprint density at radius 2 is 2.04 bits per heavy atom. The van der Waals surface area contributed by atoms with Crippen LogP contribution in [0, 0.1) is 12.8 Å². The Labute approximate surface area is 160 Å². The number of nitrogens with zero attached hydrogens (tertiary/aromatic N) is 3. The Hall–Kier alpha value is -2.37. The molecule has 0 unspecified atom stereocenters. The van der Waals surface area contributed by atoms with E-state index in [9.17, 15) is 9.59 Å². The van der Waals surface area contributed by atoms with E-state index in [1.54, 1.807) is 6.92 Å². The van der Waals surface area contributed by atoms with Crippen LogP contribution >= 0.6 is 0 Å². The molecular formula is C21H29N3O3. The van der Waals surface area contributed by atoms with Crippen LogP contribution < -0.4 is 4.74 Å². The van der Waals surface area contributed by atoms with Gasteiger partial charge in [-0.25, -0.2) is 4.98 Å². The topological polar surface area (TPSA) is 63.9 Å². The van der Waals surface area contributed by atoms with E-state index >= 15 is 0 Å². The van der Waals surface area contributed by atoms with Gasteiger partial charge in [-0.3, -0.25) is 14.0 Å². The van der Waals surface area contributed by atoms with E-state index in [2.05, 4.69) is 4.98 Å². The molecule has 0 atom stereocenters. The number of pyridine rings is 1. The molecule has 0 spiro atoms. The number of piperidine rings is 1. The Kier molecular flexibility index (Phi) is 6.14. The van der Waals surface area contributed by atoms with Gasteiger partial charge in [0.2, 0.25) is 5.91 Å². The highest BCUT2D eigenvalue weighted by Gasteiger charge is 2.22. The average molecular weight is 371 g/mol. The van der Waals surface area contributed by atoms with Crippen molar-refractivity contribution >= 4 is 17.3 Å². The number of carbonyl (C=O) groups is 2. The van der Waals surface area contributed by atoms with Crippen molar-refractivity contribution in [2.75, 3.05) is 19.7 Å². The van der Waals surface area contributed by atoms with Crippen LogP contribution in [0.3, 0.4) is 0 Å². The number of carbonyl (C=O) groups excluding carboxylic acids is 2. The molecule has 146 valence electrons. The van der Waals surface area contributed by atoms with E-state index in [0.29, 0.717) is 36.0 Å². The summed E-state index contributed by atoms with van der Waals surface area (Å²) in [7, 11) is 0. The Morgan fingerprint density at radius 1 is 1.30 bits per heavy atom. The molecule has 6 heteroatoms. The lowest BCUT2D eigenvalue weighted by Crippen LogP contribution is -2.36. The molecule has 1 aliphatic rings. The first-order valence-corrected chi connectivity index (χ1v) is 9.90. The fourth-order valence-corrected chi connectivity index (χ4v) is 3.97. The first-order chi connectivity index (χ1) is 13.0. The summed E-state index contributed by atoms with van der Waals surface area (Å²) in [6, 6.07) is 3.77. The second-order valence-electron chi connectivity index (χ2n) is 7.31. The third-order valence-electron chi connectivity index (χ3n) is 5.43. The van der Waals surface area contributed by atoms with Crippen molar-refractivity contribution in [1.82, 2.24) is 14.3 Å². The fourth-order valence-electron chi connectivity index (χ4n) is 3.97. The van der Waals surface area contributed by atoms with Gasteiger partial charge in [-0.15, -0.1) is 0 Å². The molecule has 0 aromatic carbocycles. The first-order valence-electron chi connectivity index (χ1n) is 9.90. The lowest BCUT2D eigenvalue weighted by molar-refractivity contribution is -0.130. The molecule has 1 fully saturated rings. The number of aryl methyl sites for hydroxylation is 1. The maximum absolute atomic E-state index is 12.8. The van der Waals surface area contributed by atoms with Gasteiger partial charge < -0.3 is 9.64 Å². The Balaban J connectivity index is 1.60. The molecule has 2 aromatic rings. The quantitative estimate of drug-likeness (QED) is 0.697. The predicted molar refractivity (Wildman–Crippen MR) is 104 cm³/mol. The predicted octanol–water partition coefficient (Wildman–Crippen LogP) is 3.65.